The van der Waals surface area contributed by atoms with Crippen molar-refractivity contribution >= 4 is 6.09 Å². The number of amides is 1. The molecule has 0 saturated carbocycles. The standard InChI is InChI=1S/C14H25F3NO3/c1-9(2)18(12(20)21-13(3,4)5)7-6-10(19)8-11(18)14(15,16)17/h9-11,19H,6-8H2,1-5H3/q+1/t10-,11-,18?/m0/s1. The minimum atomic E-state index is -4.57. The minimum absolute atomic E-state index is 0.0715. The van der Waals surface area contributed by atoms with E-state index < -0.39 is 47.0 Å². The lowest BCUT2D eigenvalue weighted by molar-refractivity contribution is -0.921. The molecular weight excluding hydrogens is 287 g/mol. The van der Waals surface area contributed by atoms with E-state index in [1.54, 1.807) is 34.6 Å². The van der Waals surface area contributed by atoms with Crippen LogP contribution < -0.4 is 0 Å². The Labute approximate surface area is 123 Å². The van der Waals surface area contributed by atoms with Crippen LogP contribution >= 0.6 is 0 Å². The van der Waals surface area contributed by atoms with Gasteiger partial charge in [0, 0.05) is 12.8 Å². The molecule has 1 fully saturated rings. The fraction of sp³-hybridized carbons (Fsp3) is 0.929. The van der Waals surface area contributed by atoms with Crippen LogP contribution in [0.1, 0.15) is 47.5 Å². The third-order valence-electron chi connectivity index (χ3n) is 3.92. The number of aliphatic hydroxyl groups is 1. The number of rotatable bonds is 1. The summed E-state index contributed by atoms with van der Waals surface area (Å²) >= 11 is 0. The lowest BCUT2D eigenvalue weighted by Crippen LogP contribution is -2.71. The highest BCUT2D eigenvalue weighted by molar-refractivity contribution is 5.61. The fourth-order valence-corrected chi connectivity index (χ4v) is 2.87. The monoisotopic (exact) mass is 312 g/mol. The molecule has 7 heteroatoms. The van der Waals surface area contributed by atoms with Gasteiger partial charge in [-0.1, -0.05) is 0 Å². The van der Waals surface area contributed by atoms with E-state index in [-0.39, 0.29) is 13.0 Å². The lowest BCUT2D eigenvalue weighted by atomic mass is 9.93. The summed E-state index contributed by atoms with van der Waals surface area (Å²) in [5.41, 5.74) is -0.858. The highest BCUT2D eigenvalue weighted by atomic mass is 19.4. The molecule has 1 heterocycles. The number of halogens is 3. The molecule has 1 aliphatic rings. The van der Waals surface area contributed by atoms with Gasteiger partial charge in [-0.25, -0.2) is 4.48 Å². The maximum Gasteiger partial charge on any atom is 0.517 e. The van der Waals surface area contributed by atoms with Gasteiger partial charge in [-0.3, -0.25) is 0 Å². The second-order valence-electron chi connectivity index (χ2n) is 6.96. The Balaban J connectivity index is 3.25. The normalized spacial score (nSPS) is 31.3. The number of ether oxygens (including phenoxy) is 1. The molecule has 4 nitrogen and oxygen atoms in total. The number of carbonyl (C=O) groups is 1. The average molecular weight is 312 g/mol. The zero-order valence-electron chi connectivity index (χ0n) is 13.2. The Morgan fingerprint density at radius 3 is 2.19 bits per heavy atom. The SMILES string of the molecule is CC(C)[N+]1(C(=O)OC(C)(C)C)CC[C@H](O)C[C@H]1C(F)(F)F. The van der Waals surface area contributed by atoms with Gasteiger partial charge in [0.25, 0.3) is 0 Å². The lowest BCUT2D eigenvalue weighted by Gasteiger charge is -2.48. The molecular formula is C14H25F3NO3+. The third kappa shape index (κ3) is 3.88. The van der Waals surface area contributed by atoms with E-state index in [9.17, 15) is 23.1 Å². The largest absolute Gasteiger partial charge is 0.517 e. The Kier molecular flexibility index (Phi) is 5.00. The van der Waals surface area contributed by atoms with Crippen LogP contribution in [0.25, 0.3) is 0 Å². The third-order valence-corrected chi connectivity index (χ3v) is 3.92. The van der Waals surface area contributed by atoms with Gasteiger partial charge >= 0.3 is 12.3 Å². The summed E-state index contributed by atoms with van der Waals surface area (Å²) in [4.78, 5) is 12.5. The van der Waals surface area contributed by atoms with Crippen LogP contribution in [0.3, 0.4) is 0 Å². The van der Waals surface area contributed by atoms with Crippen molar-refractivity contribution < 1.29 is 32.3 Å². The first kappa shape index (κ1) is 18.2. The first-order valence-electron chi connectivity index (χ1n) is 7.16. The Hall–Kier alpha value is -0.820. The number of piperidine rings is 1. The predicted octanol–water partition coefficient (Wildman–Crippen LogP) is 3.23. The molecule has 0 aliphatic carbocycles. The van der Waals surface area contributed by atoms with Crippen LogP contribution in [0.2, 0.25) is 0 Å². The molecule has 124 valence electrons. The predicted molar refractivity (Wildman–Crippen MR) is 71.6 cm³/mol. The zero-order valence-corrected chi connectivity index (χ0v) is 13.2. The molecule has 1 aliphatic heterocycles. The molecule has 1 saturated heterocycles. The van der Waals surface area contributed by atoms with Crippen LogP contribution in [0.5, 0.6) is 0 Å². The van der Waals surface area contributed by atoms with Crippen molar-refractivity contribution in [2.24, 2.45) is 0 Å². The number of aliphatic hydroxyl groups excluding tert-OH is 1. The summed E-state index contributed by atoms with van der Waals surface area (Å²) in [5.74, 6) is 0. The van der Waals surface area contributed by atoms with Gasteiger partial charge in [0.05, 0.1) is 18.7 Å². The van der Waals surface area contributed by atoms with Gasteiger partial charge in [0.2, 0.25) is 0 Å². The van der Waals surface area contributed by atoms with E-state index in [2.05, 4.69) is 0 Å². The fourth-order valence-electron chi connectivity index (χ4n) is 2.87. The summed E-state index contributed by atoms with van der Waals surface area (Å²) in [6.45, 7) is 7.98. The second kappa shape index (κ2) is 5.76. The van der Waals surface area contributed by atoms with Gasteiger partial charge in [-0.2, -0.15) is 18.0 Å². The average Bonchev–Trinajstić information content (AvgIpc) is 2.24. The smallest absolute Gasteiger partial charge is 0.414 e. The van der Waals surface area contributed by atoms with Crippen molar-refractivity contribution in [2.75, 3.05) is 6.54 Å². The molecule has 21 heavy (non-hydrogen) atoms. The molecule has 0 spiro atoms. The number of likely N-dealkylation sites (tertiary alicyclic amines) is 1. The topological polar surface area (TPSA) is 46.5 Å². The summed E-state index contributed by atoms with van der Waals surface area (Å²) in [6.07, 6.45) is -6.79. The van der Waals surface area contributed by atoms with Crippen molar-refractivity contribution in [3.63, 3.8) is 0 Å². The molecule has 0 aromatic carbocycles. The number of hydrogen-bond donors (Lipinski definition) is 1. The van der Waals surface area contributed by atoms with Gasteiger partial charge in [-0.15, -0.1) is 0 Å². The molecule has 0 aromatic heterocycles. The molecule has 1 N–H and O–H groups in total. The van der Waals surface area contributed by atoms with Gasteiger partial charge in [0.1, 0.15) is 5.60 Å². The van der Waals surface area contributed by atoms with Gasteiger partial charge in [0.15, 0.2) is 6.04 Å². The van der Waals surface area contributed by atoms with E-state index >= 15 is 0 Å². The van der Waals surface area contributed by atoms with Gasteiger partial charge in [-0.05, 0) is 34.6 Å². The summed E-state index contributed by atoms with van der Waals surface area (Å²) in [5, 5.41) is 9.61. The van der Waals surface area contributed by atoms with Crippen LogP contribution in [0, 0.1) is 0 Å². The highest BCUT2D eigenvalue weighted by Crippen LogP contribution is 2.40. The number of carbonyl (C=O) groups excluding carboxylic acids is 1. The van der Waals surface area contributed by atoms with Crippen molar-refractivity contribution in [1.29, 1.82) is 0 Å². The van der Waals surface area contributed by atoms with Crippen LogP contribution in [-0.2, 0) is 4.74 Å². The van der Waals surface area contributed by atoms with Crippen LogP contribution in [-0.4, -0.2) is 52.2 Å². The molecule has 0 radical (unpaired) electrons. The molecule has 1 amide bonds. The zero-order chi connectivity index (χ0) is 16.6. The van der Waals surface area contributed by atoms with Crippen LogP contribution in [0.15, 0.2) is 0 Å². The van der Waals surface area contributed by atoms with E-state index in [0.29, 0.717) is 0 Å². The van der Waals surface area contributed by atoms with Crippen LogP contribution in [0.4, 0.5) is 18.0 Å². The summed E-state index contributed by atoms with van der Waals surface area (Å²) in [7, 11) is 0. The minimum Gasteiger partial charge on any atom is -0.414 e. The molecule has 0 aromatic rings. The van der Waals surface area contributed by atoms with Gasteiger partial charge < -0.3 is 9.84 Å². The molecule has 0 bridgehead atoms. The maximum absolute atomic E-state index is 13.4. The quantitative estimate of drug-likeness (QED) is 0.756. The highest BCUT2D eigenvalue weighted by Gasteiger charge is 2.63. The number of alkyl halides is 3. The summed E-state index contributed by atoms with van der Waals surface area (Å²) in [6, 6.07) is -2.52. The Morgan fingerprint density at radius 1 is 1.29 bits per heavy atom. The van der Waals surface area contributed by atoms with Crippen molar-refractivity contribution in [3.8, 4) is 0 Å². The van der Waals surface area contributed by atoms with Crippen molar-refractivity contribution in [2.45, 2.75) is 77.4 Å². The molecule has 1 rings (SSSR count). The first-order chi connectivity index (χ1) is 9.30. The van der Waals surface area contributed by atoms with Crippen molar-refractivity contribution in [1.82, 2.24) is 0 Å². The Bertz CT molecular complexity index is 390. The molecule has 1 unspecified atom stereocenters. The van der Waals surface area contributed by atoms with E-state index in [1.165, 1.54) is 0 Å². The maximum atomic E-state index is 13.4. The van der Waals surface area contributed by atoms with E-state index in [1.807, 2.05) is 0 Å². The number of hydrogen-bond acceptors (Lipinski definition) is 3. The van der Waals surface area contributed by atoms with E-state index in [4.69, 9.17) is 4.74 Å². The Morgan fingerprint density at radius 2 is 1.81 bits per heavy atom. The van der Waals surface area contributed by atoms with Crippen molar-refractivity contribution in [3.05, 3.63) is 0 Å². The number of quaternary nitrogens is 1. The van der Waals surface area contributed by atoms with E-state index in [0.717, 1.165) is 0 Å². The molecule has 3 atom stereocenters. The first-order valence-corrected chi connectivity index (χ1v) is 7.16. The second-order valence-corrected chi connectivity index (χ2v) is 6.96. The summed E-state index contributed by atoms with van der Waals surface area (Å²) < 4.78 is 44.7. The number of nitrogens with zero attached hydrogens (tertiary/aromatic N) is 1.